The smallest absolute Gasteiger partial charge is 0.223 e. The van der Waals surface area contributed by atoms with Crippen molar-refractivity contribution < 1.29 is 4.79 Å². The summed E-state index contributed by atoms with van der Waals surface area (Å²) in [5, 5.41) is 1.31. The Labute approximate surface area is 146 Å². The molecule has 0 radical (unpaired) electrons. The lowest BCUT2D eigenvalue weighted by Gasteiger charge is -2.36. The van der Waals surface area contributed by atoms with Crippen molar-refractivity contribution >= 4 is 29.1 Å². The lowest BCUT2D eigenvalue weighted by atomic mass is 9.93. The second-order valence-corrected chi connectivity index (χ2v) is 6.67. The molecule has 1 aromatic carbocycles. The van der Waals surface area contributed by atoms with E-state index in [1.54, 1.807) is 12.3 Å². The number of carbonyl (C=O) groups is 1. The number of rotatable bonds is 3. The van der Waals surface area contributed by atoms with E-state index < -0.39 is 0 Å². The molecule has 0 fully saturated rings. The fourth-order valence-electron chi connectivity index (χ4n) is 3.14. The van der Waals surface area contributed by atoms with Gasteiger partial charge in [0.15, 0.2) is 0 Å². The van der Waals surface area contributed by atoms with Gasteiger partial charge in [-0.25, -0.2) is 0 Å². The van der Waals surface area contributed by atoms with Gasteiger partial charge in [-0.05, 0) is 54.7 Å². The van der Waals surface area contributed by atoms with Crippen LogP contribution in [-0.4, -0.2) is 22.3 Å². The zero-order valence-electron chi connectivity index (χ0n) is 12.9. The molecule has 2 heterocycles. The molecule has 1 aromatic heterocycles. The van der Waals surface area contributed by atoms with Crippen LogP contribution >= 0.6 is 23.2 Å². The number of amides is 1. The summed E-state index contributed by atoms with van der Waals surface area (Å²) in [6.07, 6.45) is 5.51. The van der Waals surface area contributed by atoms with Crippen LogP contribution in [-0.2, 0) is 17.6 Å². The lowest BCUT2D eigenvalue weighted by molar-refractivity contribution is -0.133. The summed E-state index contributed by atoms with van der Waals surface area (Å²) < 4.78 is 0. The lowest BCUT2D eigenvalue weighted by Crippen LogP contribution is -2.39. The minimum absolute atomic E-state index is 0.00338. The van der Waals surface area contributed by atoms with Gasteiger partial charge in [0.05, 0.1) is 6.04 Å². The summed E-state index contributed by atoms with van der Waals surface area (Å²) in [5.74, 6) is 0.156. The van der Waals surface area contributed by atoms with Crippen LogP contribution in [0, 0.1) is 0 Å². The van der Waals surface area contributed by atoms with Gasteiger partial charge < -0.3 is 4.90 Å². The number of halogens is 2. The van der Waals surface area contributed by atoms with Crippen LogP contribution < -0.4 is 0 Å². The predicted octanol–water partition coefficient (Wildman–Crippen LogP) is 4.47. The molecule has 1 amide bonds. The third-order valence-corrected chi connectivity index (χ3v) is 4.94. The van der Waals surface area contributed by atoms with Crippen LogP contribution in [0.25, 0.3) is 0 Å². The van der Waals surface area contributed by atoms with Crippen molar-refractivity contribution in [3.63, 3.8) is 0 Å². The first-order chi connectivity index (χ1) is 11.1. The minimum Gasteiger partial charge on any atom is -0.336 e. The van der Waals surface area contributed by atoms with E-state index in [1.165, 1.54) is 0 Å². The maximum atomic E-state index is 12.6. The Morgan fingerprint density at radius 1 is 1.39 bits per heavy atom. The maximum absolute atomic E-state index is 12.6. The predicted molar refractivity (Wildman–Crippen MR) is 92.9 cm³/mol. The highest BCUT2D eigenvalue weighted by atomic mass is 35.5. The molecule has 0 spiro atoms. The van der Waals surface area contributed by atoms with Gasteiger partial charge in [-0.1, -0.05) is 29.3 Å². The van der Waals surface area contributed by atoms with E-state index in [0.29, 0.717) is 29.4 Å². The highest BCUT2D eigenvalue weighted by Crippen LogP contribution is 2.36. The van der Waals surface area contributed by atoms with Crippen molar-refractivity contribution in [1.82, 2.24) is 9.88 Å². The van der Waals surface area contributed by atoms with Crippen LogP contribution in [0.3, 0.4) is 0 Å². The third kappa shape index (κ3) is 3.51. The largest absolute Gasteiger partial charge is 0.336 e. The number of fused-ring (bicyclic) bond motifs is 1. The van der Waals surface area contributed by atoms with Crippen molar-refractivity contribution in [2.24, 2.45) is 0 Å². The summed E-state index contributed by atoms with van der Waals surface area (Å²) >= 11 is 12.4. The molecule has 1 aliphatic heterocycles. The zero-order valence-corrected chi connectivity index (χ0v) is 14.4. The topological polar surface area (TPSA) is 33.2 Å². The number of hydrogen-bond donors (Lipinski definition) is 0. The first-order valence-electron chi connectivity index (χ1n) is 7.72. The normalized spacial score (nSPS) is 17.0. The second kappa shape index (κ2) is 6.90. The van der Waals surface area contributed by atoms with E-state index in [2.05, 4.69) is 4.98 Å². The number of nitrogens with zero attached hydrogens (tertiary/aromatic N) is 2. The SMILES string of the molecule is CC1c2cc(Cl)cc(Cl)c2CCN1C(=O)CCc1cccnc1. The average molecular weight is 349 g/mol. The van der Waals surface area contributed by atoms with Gasteiger partial charge in [0.2, 0.25) is 5.91 Å². The summed E-state index contributed by atoms with van der Waals surface area (Å²) in [5.41, 5.74) is 3.25. The van der Waals surface area contributed by atoms with Gasteiger partial charge in [-0.15, -0.1) is 0 Å². The molecule has 3 nitrogen and oxygen atoms in total. The molecule has 0 saturated heterocycles. The van der Waals surface area contributed by atoms with E-state index in [9.17, 15) is 4.79 Å². The Morgan fingerprint density at radius 2 is 2.22 bits per heavy atom. The summed E-state index contributed by atoms with van der Waals surface area (Å²) in [7, 11) is 0. The van der Waals surface area contributed by atoms with Gasteiger partial charge >= 0.3 is 0 Å². The number of carbonyl (C=O) groups excluding carboxylic acids is 1. The van der Waals surface area contributed by atoms with Gasteiger partial charge in [-0.3, -0.25) is 9.78 Å². The zero-order chi connectivity index (χ0) is 16.4. The number of aryl methyl sites for hydroxylation is 1. The van der Waals surface area contributed by atoms with Crippen LogP contribution in [0.4, 0.5) is 0 Å². The van der Waals surface area contributed by atoms with Gasteiger partial charge in [0.1, 0.15) is 0 Å². The van der Waals surface area contributed by atoms with Crippen LogP contribution in [0.15, 0.2) is 36.7 Å². The summed E-state index contributed by atoms with van der Waals surface area (Å²) in [6.45, 7) is 2.73. The van der Waals surface area contributed by atoms with Crippen LogP contribution in [0.1, 0.15) is 36.1 Å². The van der Waals surface area contributed by atoms with Crippen molar-refractivity contribution in [2.45, 2.75) is 32.2 Å². The fourth-order valence-corrected chi connectivity index (χ4v) is 3.74. The average Bonchev–Trinajstić information content (AvgIpc) is 2.54. The molecule has 1 unspecified atom stereocenters. The Kier molecular flexibility index (Phi) is 4.88. The molecule has 120 valence electrons. The maximum Gasteiger partial charge on any atom is 0.223 e. The van der Waals surface area contributed by atoms with Crippen LogP contribution in [0.2, 0.25) is 10.0 Å². The molecule has 0 saturated carbocycles. The molecular weight excluding hydrogens is 331 g/mol. The molecular formula is C18H18Cl2N2O. The van der Waals surface area contributed by atoms with Crippen LogP contribution in [0.5, 0.6) is 0 Å². The number of benzene rings is 1. The van der Waals surface area contributed by atoms with E-state index in [0.717, 1.165) is 23.1 Å². The van der Waals surface area contributed by atoms with Crippen molar-refractivity contribution in [1.29, 1.82) is 0 Å². The number of pyridine rings is 1. The van der Waals surface area contributed by atoms with Crippen molar-refractivity contribution in [3.8, 4) is 0 Å². The molecule has 1 aliphatic rings. The number of aromatic nitrogens is 1. The van der Waals surface area contributed by atoms with E-state index in [-0.39, 0.29) is 11.9 Å². The van der Waals surface area contributed by atoms with Gasteiger partial charge in [-0.2, -0.15) is 0 Å². The van der Waals surface area contributed by atoms with Gasteiger partial charge in [0.25, 0.3) is 0 Å². The Bertz CT molecular complexity index is 718. The van der Waals surface area contributed by atoms with Gasteiger partial charge in [0, 0.05) is 35.4 Å². The Balaban J connectivity index is 1.73. The molecule has 23 heavy (non-hydrogen) atoms. The standard InChI is InChI=1S/C18H18Cl2N2O/c1-12-16-9-14(19)10-17(20)15(16)6-8-22(12)18(23)5-4-13-3-2-7-21-11-13/h2-3,7,9-12H,4-6,8H2,1H3. The molecule has 0 bridgehead atoms. The van der Waals surface area contributed by atoms with E-state index in [1.807, 2.05) is 36.2 Å². The van der Waals surface area contributed by atoms with Crippen molar-refractivity contribution in [3.05, 3.63) is 63.4 Å². The summed E-state index contributed by atoms with van der Waals surface area (Å²) in [6, 6.07) is 7.58. The minimum atomic E-state index is -0.00338. The quantitative estimate of drug-likeness (QED) is 0.819. The van der Waals surface area contributed by atoms with Crippen molar-refractivity contribution in [2.75, 3.05) is 6.54 Å². The number of hydrogen-bond acceptors (Lipinski definition) is 2. The van der Waals surface area contributed by atoms with E-state index in [4.69, 9.17) is 23.2 Å². The molecule has 0 N–H and O–H groups in total. The molecule has 2 aromatic rings. The Hall–Kier alpha value is -1.58. The highest BCUT2D eigenvalue weighted by Gasteiger charge is 2.28. The Morgan fingerprint density at radius 3 is 2.96 bits per heavy atom. The molecule has 0 aliphatic carbocycles. The first-order valence-corrected chi connectivity index (χ1v) is 8.48. The fraction of sp³-hybridized carbons (Fsp3) is 0.333. The highest BCUT2D eigenvalue weighted by molar-refractivity contribution is 6.35. The first kappa shape index (κ1) is 16.3. The molecule has 1 atom stereocenters. The second-order valence-electron chi connectivity index (χ2n) is 5.83. The van der Waals surface area contributed by atoms with E-state index >= 15 is 0 Å². The molecule has 5 heteroatoms. The third-order valence-electron chi connectivity index (χ3n) is 4.39. The molecule has 3 rings (SSSR count). The monoisotopic (exact) mass is 348 g/mol. The summed E-state index contributed by atoms with van der Waals surface area (Å²) in [4.78, 5) is 18.6.